The number of likely N-dealkylation sites (tertiary alicyclic amines) is 1. The van der Waals surface area contributed by atoms with Gasteiger partial charge in [-0.3, -0.25) is 4.90 Å². The molecule has 2 rings (SSSR count). The average Bonchev–Trinajstić information content (AvgIpc) is 2.33. The van der Waals surface area contributed by atoms with Gasteiger partial charge < -0.3 is 5.32 Å². The predicted molar refractivity (Wildman–Crippen MR) is 72.1 cm³/mol. The molecule has 17 heavy (non-hydrogen) atoms. The molecule has 0 radical (unpaired) electrons. The molecule has 0 aromatic carbocycles. The average molecular weight is 233 g/mol. The molecule has 94 valence electrons. The highest BCUT2D eigenvalue weighted by Gasteiger charge is 2.22. The summed E-state index contributed by atoms with van der Waals surface area (Å²) in [6.45, 7) is 6.86. The summed E-state index contributed by atoms with van der Waals surface area (Å²) in [6.07, 6.45) is 2.63. The summed E-state index contributed by atoms with van der Waals surface area (Å²) in [7, 11) is 1.91. The zero-order valence-corrected chi connectivity index (χ0v) is 11.1. The van der Waals surface area contributed by atoms with Crippen molar-refractivity contribution in [2.45, 2.75) is 39.3 Å². The minimum atomic E-state index is 0.679. The molecule has 2 unspecified atom stereocenters. The fraction of sp³-hybridized carbons (Fsp3) is 0.643. The van der Waals surface area contributed by atoms with Crippen LogP contribution in [-0.2, 0) is 6.54 Å². The fourth-order valence-electron chi connectivity index (χ4n) is 2.61. The molecule has 0 saturated carbocycles. The van der Waals surface area contributed by atoms with Crippen molar-refractivity contribution in [1.29, 1.82) is 0 Å². The van der Waals surface area contributed by atoms with Crippen LogP contribution in [0.15, 0.2) is 18.2 Å². The Morgan fingerprint density at radius 3 is 2.94 bits per heavy atom. The number of nitrogens with one attached hydrogen (secondary N) is 1. The maximum absolute atomic E-state index is 4.59. The van der Waals surface area contributed by atoms with E-state index >= 15 is 0 Å². The second kappa shape index (κ2) is 5.50. The van der Waals surface area contributed by atoms with Crippen LogP contribution in [0, 0.1) is 5.92 Å². The van der Waals surface area contributed by atoms with Gasteiger partial charge in [-0.25, -0.2) is 4.98 Å². The number of aromatic nitrogens is 1. The molecule has 1 aliphatic heterocycles. The van der Waals surface area contributed by atoms with Crippen LogP contribution in [0.5, 0.6) is 0 Å². The van der Waals surface area contributed by atoms with Gasteiger partial charge in [0.15, 0.2) is 0 Å². The van der Waals surface area contributed by atoms with Crippen molar-refractivity contribution < 1.29 is 0 Å². The van der Waals surface area contributed by atoms with Crippen LogP contribution in [0.4, 0.5) is 5.82 Å². The Balaban J connectivity index is 2.00. The molecule has 0 amide bonds. The molecule has 2 heterocycles. The van der Waals surface area contributed by atoms with Crippen molar-refractivity contribution in [2.75, 3.05) is 18.9 Å². The SMILES string of the molecule is CNc1cccc(CN2CCC(C)CC2C)n1. The summed E-state index contributed by atoms with van der Waals surface area (Å²) in [6, 6.07) is 6.88. The Bertz CT molecular complexity index is 364. The second-order valence-corrected chi connectivity index (χ2v) is 5.21. The molecule has 3 nitrogen and oxygen atoms in total. The van der Waals surface area contributed by atoms with Gasteiger partial charge >= 0.3 is 0 Å². The Labute approximate surface area is 104 Å². The van der Waals surface area contributed by atoms with E-state index < -0.39 is 0 Å². The summed E-state index contributed by atoms with van der Waals surface area (Å²) in [4.78, 5) is 7.13. The lowest BCUT2D eigenvalue weighted by molar-refractivity contribution is 0.121. The van der Waals surface area contributed by atoms with E-state index in [-0.39, 0.29) is 0 Å². The van der Waals surface area contributed by atoms with Crippen LogP contribution in [0.25, 0.3) is 0 Å². The lowest BCUT2D eigenvalue weighted by Gasteiger charge is -2.36. The minimum absolute atomic E-state index is 0.679. The molecule has 1 N–H and O–H groups in total. The van der Waals surface area contributed by atoms with Crippen molar-refractivity contribution in [2.24, 2.45) is 5.92 Å². The number of rotatable bonds is 3. The molecular weight excluding hydrogens is 210 g/mol. The highest BCUT2D eigenvalue weighted by molar-refractivity contribution is 5.34. The fourth-order valence-corrected chi connectivity index (χ4v) is 2.61. The number of hydrogen-bond acceptors (Lipinski definition) is 3. The topological polar surface area (TPSA) is 28.2 Å². The Kier molecular flexibility index (Phi) is 4.00. The minimum Gasteiger partial charge on any atom is -0.373 e. The van der Waals surface area contributed by atoms with E-state index in [1.54, 1.807) is 0 Å². The number of nitrogens with zero attached hydrogens (tertiary/aromatic N) is 2. The van der Waals surface area contributed by atoms with Crippen LogP contribution < -0.4 is 5.32 Å². The van der Waals surface area contributed by atoms with Gasteiger partial charge in [0.05, 0.1) is 5.69 Å². The highest BCUT2D eigenvalue weighted by atomic mass is 15.2. The van der Waals surface area contributed by atoms with Crippen LogP contribution in [0.2, 0.25) is 0 Å². The van der Waals surface area contributed by atoms with Gasteiger partial charge in [0, 0.05) is 19.6 Å². The van der Waals surface area contributed by atoms with Gasteiger partial charge in [-0.2, -0.15) is 0 Å². The third-order valence-corrected chi connectivity index (χ3v) is 3.70. The molecule has 1 aliphatic rings. The Morgan fingerprint density at radius 2 is 2.24 bits per heavy atom. The molecule has 1 aromatic heterocycles. The first-order chi connectivity index (χ1) is 8.19. The monoisotopic (exact) mass is 233 g/mol. The first kappa shape index (κ1) is 12.4. The number of hydrogen-bond donors (Lipinski definition) is 1. The van der Waals surface area contributed by atoms with E-state index in [0.717, 1.165) is 18.3 Å². The van der Waals surface area contributed by atoms with Gasteiger partial charge in [0.25, 0.3) is 0 Å². The third kappa shape index (κ3) is 3.19. The van der Waals surface area contributed by atoms with Gasteiger partial charge in [-0.1, -0.05) is 13.0 Å². The van der Waals surface area contributed by atoms with Gasteiger partial charge in [-0.05, 0) is 44.4 Å². The maximum atomic E-state index is 4.59. The number of piperidine rings is 1. The predicted octanol–water partition coefficient (Wildman–Crippen LogP) is 2.74. The van der Waals surface area contributed by atoms with Gasteiger partial charge in [0.1, 0.15) is 5.82 Å². The van der Waals surface area contributed by atoms with Crippen molar-refractivity contribution >= 4 is 5.82 Å². The third-order valence-electron chi connectivity index (χ3n) is 3.70. The van der Waals surface area contributed by atoms with E-state index in [1.165, 1.54) is 25.1 Å². The van der Waals surface area contributed by atoms with Crippen molar-refractivity contribution in [1.82, 2.24) is 9.88 Å². The van der Waals surface area contributed by atoms with Crippen LogP contribution in [0.1, 0.15) is 32.4 Å². The lowest BCUT2D eigenvalue weighted by atomic mass is 9.93. The summed E-state index contributed by atoms with van der Waals surface area (Å²) in [5.74, 6) is 1.83. The quantitative estimate of drug-likeness (QED) is 0.870. The normalized spacial score (nSPS) is 25.8. The summed E-state index contributed by atoms with van der Waals surface area (Å²) in [5, 5.41) is 3.09. The van der Waals surface area contributed by atoms with Gasteiger partial charge in [0.2, 0.25) is 0 Å². The standard InChI is InChI=1S/C14H23N3/c1-11-7-8-17(12(2)9-11)10-13-5-4-6-14(15-3)16-13/h4-6,11-12H,7-10H2,1-3H3,(H,15,16). The summed E-state index contributed by atoms with van der Waals surface area (Å²) < 4.78 is 0. The van der Waals surface area contributed by atoms with Crippen molar-refractivity contribution in [3.05, 3.63) is 23.9 Å². The summed E-state index contributed by atoms with van der Waals surface area (Å²) in [5.41, 5.74) is 1.17. The van der Waals surface area contributed by atoms with Crippen LogP contribution in [-0.4, -0.2) is 29.5 Å². The number of anilines is 1. The Morgan fingerprint density at radius 1 is 1.41 bits per heavy atom. The number of pyridine rings is 1. The maximum Gasteiger partial charge on any atom is 0.126 e. The van der Waals surface area contributed by atoms with Crippen LogP contribution in [0.3, 0.4) is 0 Å². The molecule has 0 bridgehead atoms. The zero-order valence-electron chi connectivity index (χ0n) is 11.1. The van der Waals surface area contributed by atoms with E-state index in [4.69, 9.17) is 0 Å². The molecule has 0 spiro atoms. The second-order valence-electron chi connectivity index (χ2n) is 5.21. The van der Waals surface area contributed by atoms with Crippen molar-refractivity contribution in [3.63, 3.8) is 0 Å². The molecule has 3 heteroatoms. The molecule has 1 aromatic rings. The van der Waals surface area contributed by atoms with E-state index in [0.29, 0.717) is 6.04 Å². The molecule has 0 aliphatic carbocycles. The van der Waals surface area contributed by atoms with Crippen LogP contribution >= 0.6 is 0 Å². The molecule has 2 atom stereocenters. The van der Waals surface area contributed by atoms with E-state index in [2.05, 4.69) is 41.2 Å². The van der Waals surface area contributed by atoms with E-state index in [9.17, 15) is 0 Å². The zero-order chi connectivity index (χ0) is 12.3. The molecule has 1 saturated heterocycles. The first-order valence-electron chi connectivity index (χ1n) is 6.56. The molecular formula is C14H23N3. The Hall–Kier alpha value is -1.09. The summed E-state index contributed by atoms with van der Waals surface area (Å²) >= 11 is 0. The van der Waals surface area contributed by atoms with E-state index in [1.807, 2.05) is 13.1 Å². The smallest absolute Gasteiger partial charge is 0.126 e. The van der Waals surface area contributed by atoms with Gasteiger partial charge in [-0.15, -0.1) is 0 Å². The first-order valence-corrected chi connectivity index (χ1v) is 6.56. The largest absolute Gasteiger partial charge is 0.373 e. The highest BCUT2D eigenvalue weighted by Crippen LogP contribution is 2.23. The van der Waals surface area contributed by atoms with Crippen molar-refractivity contribution in [3.8, 4) is 0 Å². The molecule has 1 fully saturated rings. The lowest BCUT2D eigenvalue weighted by Crippen LogP contribution is -2.39.